The average Bonchev–Trinajstić information content (AvgIpc) is 3.23. The number of aromatic nitrogens is 2. The molecule has 1 N–H and O–H groups in total. The van der Waals surface area contributed by atoms with E-state index in [9.17, 15) is 14.0 Å². The highest BCUT2D eigenvalue weighted by atomic mass is 19.1. The summed E-state index contributed by atoms with van der Waals surface area (Å²) in [6, 6.07) is 13.8. The molecular weight excluding hydrogens is 407 g/mol. The Labute approximate surface area is 187 Å². The lowest BCUT2D eigenvalue weighted by molar-refractivity contribution is -0.134. The van der Waals surface area contributed by atoms with Crippen molar-refractivity contribution in [1.82, 2.24) is 14.7 Å². The van der Waals surface area contributed by atoms with Crippen LogP contribution in [0.5, 0.6) is 0 Å². The van der Waals surface area contributed by atoms with Crippen molar-refractivity contribution < 1.29 is 14.0 Å². The minimum atomic E-state index is -0.282. The normalized spacial score (nSPS) is 16.1. The van der Waals surface area contributed by atoms with Crippen LogP contribution in [0.3, 0.4) is 0 Å². The molecule has 1 atom stereocenters. The number of carbonyl (C=O) groups excluding carboxylic acids is 2. The molecule has 2 aromatic carbocycles. The van der Waals surface area contributed by atoms with Crippen LogP contribution in [0.1, 0.15) is 24.8 Å². The van der Waals surface area contributed by atoms with Crippen LogP contribution in [0.25, 0.3) is 11.1 Å². The summed E-state index contributed by atoms with van der Waals surface area (Å²) in [6.45, 7) is 1.13. The van der Waals surface area contributed by atoms with E-state index < -0.39 is 0 Å². The van der Waals surface area contributed by atoms with Crippen molar-refractivity contribution in [2.24, 2.45) is 13.0 Å². The Morgan fingerprint density at radius 3 is 2.72 bits per heavy atom. The summed E-state index contributed by atoms with van der Waals surface area (Å²) in [5, 5.41) is 7.12. The van der Waals surface area contributed by atoms with Gasteiger partial charge < -0.3 is 10.2 Å². The van der Waals surface area contributed by atoms with Crippen LogP contribution in [-0.2, 0) is 23.1 Å². The molecule has 6 nitrogen and oxygen atoms in total. The molecule has 1 aliphatic rings. The van der Waals surface area contributed by atoms with Crippen LogP contribution in [-0.4, -0.2) is 39.6 Å². The van der Waals surface area contributed by atoms with Crippen molar-refractivity contribution in [3.8, 4) is 11.1 Å². The zero-order valence-corrected chi connectivity index (χ0v) is 18.1. The third-order valence-corrected chi connectivity index (χ3v) is 5.84. The highest BCUT2D eigenvalue weighted by Gasteiger charge is 2.28. The van der Waals surface area contributed by atoms with E-state index in [4.69, 9.17) is 0 Å². The van der Waals surface area contributed by atoms with Crippen LogP contribution in [0.2, 0.25) is 0 Å². The largest absolute Gasteiger partial charge is 0.342 e. The summed E-state index contributed by atoms with van der Waals surface area (Å²) < 4.78 is 14.9. The Morgan fingerprint density at radius 2 is 1.97 bits per heavy atom. The summed E-state index contributed by atoms with van der Waals surface area (Å²) in [5.74, 6) is -0.522. The van der Waals surface area contributed by atoms with Gasteiger partial charge in [0.05, 0.1) is 12.1 Å². The van der Waals surface area contributed by atoms with E-state index in [1.807, 2.05) is 37.5 Å². The van der Waals surface area contributed by atoms with Gasteiger partial charge in [-0.1, -0.05) is 24.3 Å². The summed E-state index contributed by atoms with van der Waals surface area (Å²) >= 11 is 0. The van der Waals surface area contributed by atoms with Crippen molar-refractivity contribution in [3.05, 3.63) is 72.3 Å². The van der Waals surface area contributed by atoms with Gasteiger partial charge in [-0.25, -0.2) is 4.39 Å². The van der Waals surface area contributed by atoms with Crippen molar-refractivity contribution in [2.75, 3.05) is 18.4 Å². The maximum absolute atomic E-state index is 13.2. The molecule has 0 bridgehead atoms. The van der Waals surface area contributed by atoms with Gasteiger partial charge in [0.1, 0.15) is 5.82 Å². The summed E-state index contributed by atoms with van der Waals surface area (Å²) in [5.41, 5.74) is 3.51. The van der Waals surface area contributed by atoms with Crippen LogP contribution in [0, 0.1) is 11.7 Å². The number of benzene rings is 2. The first-order valence-corrected chi connectivity index (χ1v) is 10.9. The Bertz CT molecular complexity index is 1090. The van der Waals surface area contributed by atoms with Gasteiger partial charge in [-0.05, 0) is 60.2 Å². The standard InChI is InChI=1S/C25H27FN4O2/c1-29-16-18(15-27-29)7-12-24(31)30-13-3-5-21(17-30)25(32)28-23-6-2-4-20(14-23)19-8-10-22(26)11-9-19/h2,4,6,8-11,14-16,21H,3,5,7,12-13,17H2,1H3,(H,28,32). The Morgan fingerprint density at radius 1 is 1.16 bits per heavy atom. The molecule has 2 heterocycles. The quantitative estimate of drug-likeness (QED) is 0.637. The molecule has 7 heteroatoms. The molecule has 4 rings (SSSR count). The second-order valence-electron chi connectivity index (χ2n) is 8.28. The molecule has 32 heavy (non-hydrogen) atoms. The molecule has 1 fully saturated rings. The van der Waals surface area contributed by atoms with E-state index in [1.165, 1.54) is 12.1 Å². The van der Waals surface area contributed by atoms with Gasteiger partial charge in [0.25, 0.3) is 0 Å². The highest BCUT2D eigenvalue weighted by molar-refractivity contribution is 5.93. The van der Waals surface area contributed by atoms with E-state index in [0.29, 0.717) is 31.6 Å². The fraction of sp³-hybridized carbons (Fsp3) is 0.320. The molecule has 1 unspecified atom stereocenters. The van der Waals surface area contributed by atoms with Gasteiger partial charge in [-0.15, -0.1) is 0 Å². The van der Waals surface area contributed by atoms with Gasteiger partial charge in [-0.2, -0.15) is 5.10 Å². The average molecular weight is 435 g/mol. The molecule has 0 saturated carbocycles. The predicted octanol–water partition coefficient (Wildman–Crippen LogP) is 4.04. The number of piperidine rings is 1. The van der Waals surface area contributed by atoms with E-state index in [1.54, 1.807) is 27.9 Å². The molecule has 1 aromatic heterocycles. The molecular formula is C25H27FN4O2. The summed E-state index contributed by atoms with van der Waals surface area (Å²) in [6.07, 6.45) is 6.33. The van der Waals surface area contributed by atoms with Crippen LogP contribution >= 0.6 is 0 Å². The maximum Gasteiger partial charge on any atom is 0.229 e. The molecule has 1 aliphatic heterocycles. The van der Waals surface area contributed by atoms with Crippen LogP contribution in [0.15, 0.2) is 60.9 Å². The third kappa shape index (κ3) is 5.41. The number of anilines is 1. The van der Waals surface area contributed by atoms with Crippen LogP contribution in [0.4, 0.5) is 10.1 Å². The highest BCUT2D eigenvalue weighted by Crippen LogP contribution is 2.24. The fourth-order valence-corrected chi connectivity index (χ4v) is 4.09. The third-order valence-electron chi connectivity index (χ3n) is 5.84. The lowest BCUT2D eigenvalue weighted by Gasteiger charge is -2.32. The Balaban J connectivity index is 1.34. The van der Waals surface area contributed by atoms with Gasteiger partial charge in [0, 0.05) is 38.4 Å². The summed E-state index contributed by atoms with van der Waals surface area (Å²) in [7, 11) is 1.86. The van der Waals surface area contributed by atoms with E-state index in [0.717, 1.165) is 29.5 Å². The van der Waals surface area contributed by atoms with Gasteiger partial charge in [0.2, 0.25) is 11.8 Å². The van der Waals surface area contributed by atoms with Crippen molar-refractivity contribution in [3.63, 3.8) is 0 Å². The lowest BCUT2D eigenvalue weighted by Crippen LogP contribution is -2.43. The molecule has 166 valence electrons. The first-order valence-electron chi connectivity index (χ1n) is 10.9. The van der Waals surface area contributed by atoms with Crippen molar-refractivity contribution in [1.29, 1.82) is 0 Å². The zero-order valence-electron chi connectivity index (χ0n) is 18.1. The Hall–Kier alpha value is -3.48. The number of nitrogens with one attached hydrogen (secondary N) is 1. The molecule has 0 spiro atoms. The number of rotatable bonds is 6. The zero-order chi connectivity index (χ0) is 22.5. The second kappa shape index (κ2) is 9.77. The summed E-state index contributed by atoms with van der Waals surface area (Å²) in [4.78, 5) is 27.4. The van der Waals surface area contributed by atoms with Crippen LogP contribution < -0.4 is 5.32 Å². The fourth-order valence-electron chi connectivity index (χ4n) is 4.09. The molecule has 2 amide bonds. The molecule has 0 aliphatic carbocycles. The van der Waals surface area contributed by atoms with Gasteiger partial charge >= 0.3 is 0 Å². The molecule has 1 saturated heterocycles. The van der Waals surface area contributed by atoms with Crippen molar-refractivity contribution >= 4 is 17.5 Å². The number of nitrogens with zero attached hydrogens (tertiary/aromatic N) is 3. The monoisotopic (exact) mass is 434 g/mol. The first kappa shape index (κ1) is 21.7. The second-order valence-corrected chi connectivity index (χ2v) is 8.28. The minimum absolute atomic E-state index is 0.0738. The number of aryl methyl sites for hydroxylation is 2. The number of likely N-dealkylation sites (tertiary alicyclic amines) is 1. The van der Waals surface area contributed by atoms with E-state index in [-0.39, 0.29) is 23.5 Å². The SMILES string of the molecule is Cn1cc(CCC(=O)N2CCCC(C(=O)Nc3cccc(-c4ccc(F)cc4)c3)C2)cn1. The number of halogens is 1. The predicted molar refractivity (Wildman–Crippen MR) is 121 cm³/mol. The van der Waals surface area contributed by atoms with E-state index in [2.05, 4.69) is 10.4 Å². The topological polar surface area (TPSA) is 67.2 Å². The van der Waals surface area contributed by atoms with Gasteiger partial charge in [0.15, 0.2) is 0 Å². The lowest BCUT2D eigenvalue weighted by atomic mass is 9.96. The number of hydrogen-bond acceptors (Lipinski definition) is 3. The first-order chi connectivity index (χ1) is 15.5. The maximum atomic E-state index is 13.2. The van der Waals surface area contributed by atoms with Crippen molar-refractivity contribution in [2.45, 2.75) is 25.7 Å². The number of amides is 2. The minimum Gasteiger partial charge on any atom is -0.342 e. The van der Waals surface area contributed by atoms with E-state index >= 15 is 0 Å². The van der Waals surface area contributed by atoms with Gasteiger partial charge in [-0.3, -0.25) is 14.3 Å². The smallest absolute Gasteiger partial charge is 0.229 e. The molecule has 0 radical (unpaired) electrons. The Kier molecular flexibility index (Phi) is 6.63. The number of carbonyl (C=O) groups is 2. The number of hydrogen-bond donors (Lipinski definition) is 1. The molecule has 3 aromatic rings.